The summed E-state index contributed by atoms with van der Waals surface area (Å²) in [4.78, 5) is 0. The molecular weight excluding hydrogens is 243 g/mol. The highest BCUT2D eigenvalue weighted by Gasteiger charge is 2.59. The van der Waals surface area contributed by atoms with Gasteiger partial charge in [0.15, 0.2) is 0 Å². The quantitative estimate of drug-likeness (QED) is 0.599. The zero-order valence-corrected chi connectivity index (χ0v) is 13.6. The van der Waals surface area contributed by atoms with Crippen molar-refractivity contribution in [1.82, 2.24) is 0 Å². The fraction of sp³-hybridized carbons (Fsp3) is 1.00. The highest BCUT2D eigenvalue weighted by Crippen LogP contribution is 2.66. The van der Waals surface area contributed by atoms with Crippen LogP contribution in [0.1, 0.15) is 72.1 Å². The van der Waals surface area contributed by atoms with Crippen LogP contribution in [0.5, 0.6) is 0 Å². The average molecular weight is 274 g/mol. The molecule has 2 aliphatic heterocycles. The van der Waals surface area contributed by atoms with Gasteiger partial charge in [0.05, 0.1) is 0 Å². The van der Waals surface area contributed by atoms with Gasteiger partial charge in [0.2, 0.25) is 0 Å². The summed E-state index contributed by atoms with van der Waals surface area (Å²) in [6.07, 6.45) is 12.0. The van der Waals surface area contributed by atoms with E-state index in [0.29, 0.717) is 18.4 Å². The largest absolute Gasteiger partial charge is 0.433 e. The molecule has 0 aromatic rings. The molecule has 2 heteroatoms. The zero-order valence-electron chi connectivity index (χ0n) is 13.6. The third-order valence-corrected chi connectivity index (χ3v) is 7.85. The highest BCUT2D eigenvalue weighted by molar-refractivity contribution is 6.55. The maximum atomic E-state index is 6.68. The standard InChI is InChI=1S/C18H31BO/c1-12-16-10-13(18(16,2)3)11-17(12)19-14-6-4-8-15(20-19)9-5-7-14/h12-17H,4-11H2,1-3H3/t12-,13+,14?,15?,16-,17-/m1/s1. The van der Waals surface area contributed by atoms with Gasteiger partial charge in [-0.25, -0.2) is 0 Å². The van der Waals surface area contributed by atoms with Crippen LogP contribution in [0.3, 0.4) is 0 Å². The molecule has 5 rings (SSSR count). The molecule has 5 aliphatic rings. The zero-order chi connectivity index (χ0) is 13.9. The minimum absolute atomic E-state index is 0.603. The molecule has 0 aromatic heterocycles. The van der Waals surface area contributed by atoms with Crippen molar-refractivity contribution in [2.45, 2.75) is 89.9 Å². The van der Waals surface area contributed by atoms with E-state index in [1.165, 1.54) is 51.4 Å². The van der Waals surface area contributed by atoms with Crippen LogP contribution in [0.2, 0.25) is 11.6 Å². The minimum Gasteiger partial charge on any atom is -0.433 e. The molecule has 5 fully saturated rings. The molecule has 2 saturated heterocycles. The van der Waals surface area contributed by atoms with E-state index in [1.54, 1.807) is 0 Å². The molecule has 3 aliphatic carbocycles. The van der Waals surface area contributed by atoms with Crippen LogP contribution in [-0.2, 0) is 4.65 Å². The van der Waals surface area contributed by atoms with Crippen molar-refractivity contribution >= 4 is 6.92 Å². The van der Waals surface area contributed by atoms with E-state index in [1.807, 2.05) is 0 Å². The van der Waals surface area contributed by atoms with Crippen molar-refractivity contribution in [2.75, 3.05) is 0 Å². The Balaban J connectivity index is 1.55. The lowest BCUT2D eigenvalue weighted by Crippen LogP contribution is -2.56. The van der Waals surface area contributed by atoms with Crippen LogP contribution in [0.15, 0.2) is 0 Å². The Bertz CT molecular complexity index is 370. The second-order valence-electron chi connectivity index (χ2n) is 8.96. The summed E-state index contributed by atoms with van der Waals surface area (Å²) in [7, 11) is 0. The predicted octanol–water partition coefficient (Wildman–Crippen LogP) is 5.17. The molecule has 0 aromatic carbocycles. The summed E-state index contributed by atoms with van der Waals surface area (Å²) < 4.78 is 6.68. The highest BCUT2D eigenvalue weighted by atomic mass is 16.4. The maximum Gasteiger partial charge on any atom is 0.299 e. The Labute approximate surface area is 125 Å². The molecule has 0 radical (unpaired) electrons. The maximum absolute atomic E-state index is 6.68. The molecule has 2 heterocycles. The number of rotatable bonds is 1. The van der Waals surface area contributed by atoms with Crippen LogP contribution in [0.25, 0.3) is 0 Å². The number of hydrogen-bond donors (Lipinski definition) is 0. The van der Waals surface area contributed by atoms with Gasteiger partial charge < -0.3 is 4.65 Å². The lowest BCUT2D eigenvalue weighted by Gasteiger charge is -2.63. The van der Waals surface area contributed by atoms with Crippen LogP contribution in [-0.4, -0.2) is 13.0 Å². The Hall–Kier alpha value is 0.0249. The fourth-order valence-electron chi connectivity index (χ4n) is 6.38. The van der Waals surface area contributed by atoms with Crippen LogP contribution >= 0.6 is 0 Å². The SMILES string of the molecule is C[C@@H]1[C@H]2C[C@@H](C[C@H]1B1OC3CCCC1CCC3)C2(C)C. The van der Waals surface area contributed by atoms with E-state index in [-0.39, 0.29) is 0 Å². The second kappa shape index (κ2) is 4.76. The molecule has 4 atom stereocenters. The monoisotopic (exact) mass is 274 g/mol. The summed E-state index contributed by atoms with van der Waals surface area (Å²) in [6, 6.07) is 0. The van der Waals surface area contributed by atoms with Crippen molar-refractivity contribution in [3.05, 3.63) is 0 Å². The minimum atomic E-state index is 0.603. The first kappa shape index (κ1) is 13.7. The Morgan fingerprint density at radius 1 is 1.00 bits per heavy atom. The molecule has 3 saturated carbocycles. The molecule has 0 amide bonds. The Morgan fingerprint density at radius 2 is 1.70 bits per heavy atom. The van der Waals surface area contributed by atoms with Gasteiger partial charge >= 0.3 is 0 Å². The Kier molecular flexibility index (Phi) is 3.26. The first-order valence-electron chi connectivity index (χ1n) is 9.23. The van der Waals surface area contributed by atoms with E-state index < -0.39 is 0 Å². The predicted molar refractivity (Wildman–Crippen MR) is 85.0 cm³/mol. The third kappa shape index (κ3) is 1.93. The van der Waals surface area contributed by atoms with Crippen molar-refractivity contribution in [3.8, 4) is 0 Å². The molecule has 4 bridgehead atoms. The normalized spacial score (nSPS) is 50.2. The van der Waals surface area contributed by atoms with Gasteiger partial charge in [0.25, 0.3) is 6.92 Å². The van der Waals surface area contributed by atoms with Gasteiger partial charge in [0.1, 0.15) is 0 Å². The van der Waals surface area contributed by atoms with Crippen LogP contribution in [0.4, 0.5) is 0 Å². The van der Waals surface area contributed by atoms with Gasteiger partial charge in [-0.1, -0.05) is 52.9 Å². The van der Waals surface area contributed by atoms with Crippen molar-refractivity contribution in [3.63, 3.8) is 0 Å². The molecule has 0 spiro atoms. The summed E-state index contributed by atoms with van der Waals surface area (Å²) in [5, 5.41) is 0. The lowest BCUT2D eigenvalue weighted by molar-refractivity contribution is -0.102. The molecule has 0 unspecified atom stereocenters. The third-order valence-electron chi connectivity index (χ3n) is 7.85. The van der Waals surface area contributed by atoms with Crippen molar-refractivity contribution in [2.24, 2.45) is 23.2 Å². The summed E-state index contributed by atoms with van der Waals surface area (Å²) in [5.74, 6) is 4.60. The van der Waals surface area contributed by atoms with Gasteiger partial charge in [-0.2, -0.15) is 0 Å². The molecule has 112 valence electrons. The second-order valence-corrected chi connectivity index (χ2v) is 8.96. The van der Waals surface area contributed by atoms with Crippen LogP contribution < -0.4 is 0 Å². The van der Waals surface area contributed by atoms with E-state index in [4.69, 9.17) is 4.65 Å². The number of hydrogen-bond acceptors (Lipinski definition) is 1. The fourth-order valence-corrected chi connectivity index (χ4v) is 6.38. The summed E-state index contributed by atoms with van der Waals surface area (Å²) in [5.41, 5.74) is 0.621. The lowest BCUT2D eigenvalue weighted by atomic mass is 9.32. The smallest absolute Gasteiger partial charge is 0.299 e. The first-order valence-corrected chi connectivity index (χ1v) is 9.23. The topological polar surface area (TPSA) is 9.23 Å². The van der Waals surface area contributed by atoms with E-state index in [2.05, 4.69) is 20.8 Å². The van der Waals surface area contributed by atoms with Gasteiger partial charge in [-0.05, 0) is 54.1 Å². The van der Waals surface area contributed by atoms with E-state index in [9.17, 15) is 0 Å². The molecule has 1 nitrogen and oxygen atoms in total. The van der Waals surface area contributed by atoms with E-state index in [0.717, 1.165) is 29.4 Å². The molecular formula is C18H31BO. The van der Waals surface area contributed by atoms with Gasteiger partial charge in [-0.3, -0.25) is 0 Å². The molecule has 0 N–H and O–H groups in total. The first-order chi connectivity index (χ1) is 9.57. The molecule has 20 heavy (non-hydrogen) atoms. The van der Waals surface area contributed by atoms with Crippen LogP contribution in [0, 0.1) is 23.2 Å². The van der Waals surface area contributed by atoms with Gasteiger partial charge in [-0.15, -0.1) is 0 Å². The average Bonchev–Trinajstić information content (AvgIpc) is 2.70. The van der Waals surface area contributed by atoms with Crippen molar-refractivity contribution < 1.29 is 4.65 Å². The van der Waals surface area contributed by atoms with Gasteiger partial charge in [0, 0.05) is 6.10 Å². The number of fused-ring (bicyclic) bond motifs is 6. The van der Waals surface area contributed by atoms with Crippen molar-refractivity contribution in [1.29, 1.82) is 0 Å². The summed E-state index contributed by atoms with van der Waals surface area (Å²) >= 11 is 0. The summed E-state index contributed by atoms with van der Waals surface area (Å²) in [6.45, 7) is 8.20. The van der Waals surface area contributed by atoms with E-state index >= 15 is 0 Å². The Morgan fingerprint density at radius 3 is 2.30 bits per heavy atom.